The Balaban J connectivity index is 2.15. The molecule has 0 atom stereocenters. The first-order valence-electron chi connectivity index (χ1n) is 6.19. The van der Waals surface area contributed by atoms with Gasteiger partial charge in [-0.05, 0) is 25.0 Å². The molecule has 1 aromatic rings. The minimum Gasteiger partial charge on any atom is -0.481 e. The molecule has 0 unspecified atom stereocenters. The van der Waals surface area contributed by atoms with Gasteiger partial charge >= 0.3 is 5.97 Å². The van der Waals surface area contributed by atoms with Crippen molar-refractivity contribution in [2.75, 3.05) is 11.9 Å². The Kier molecular flexibility index (Phi) is 6.34. The maximum absolute atomic E-state index is 10.3. The van der Waals surface area contributed by atoms with E-state index in [0.29, 0.717) is 5.56 Å². The summed E-state index contributed by atoms with van der Waals surface area (Å²) in [4.78, 5) is 10.3. The van der Waals surface area contributed by atoms with Gasteiger partial charge in [-0.2, -0.15) is 5.26 Å². The van der Waals surface area contributed by atoms with E-state index in [-0.39, 0.29) is 6.42 Å². The van der Waals surface area contributed by atoms with Crippen molar-refractivity contribution >= 4 is 11.7 Å². The highest BCUT2D eigenvalue weighted by atomic mass is 16.4. The summed E-state index contributed by atoms with van der Waals surface area (Å²) in [6.07, 6.45) is 3.93. The number of benzene rings is 1. The zero-order chi connectivity index (χ0) is 13.2. The molecule has 18 heavy (non-hydrogen) atoms. The van der Waals surface area contributed by atoms with Crippen molar-refractivity contribution in [1.29, 1.82) is 5.26 Å². The molecule has 0 aromatic heterocycles. The molecule has 0 fully saturated rings. The van der Waals surface area contributed by atoms with Crippen molar-refractivity contribution < 1.29 is 9.90 Å². The number of carboxylic acids is 1. The number of nitriles is 1. The van der Waals surface area contributed by atoms with Crippen LogP contribution in [0.2, 0.25) is 0 Å². The number of anilines is 1. The number of hydrogen-bond donors (Lipinski definition) is 2. The molecule has 0 radical (unpaired) electrons. The van der Waals surface area contributed by atoms with Crippen LogP contribution in [0.4, 0.5) is 5.69 Å². The molecule has 4 nitrogen and oxygen atoms in total. The van der Waals surface area contributed by atoms with Gasteiger partial charge < -0.3 is 10.4 Å². The number of nitrogens with zero attached hydrogens (tertiary/aromatic N) is 1. The number of para-hydroxylation sites is 1. The molecule has 0 heterocycles. The Morgan fingerprint density at radius 3 is 2.67 bits per heavy atom. The summed E-state index contributed by atoms with van der Waals surface area (Å²) in [5, 5.41) is 20.6. The summed E-state index contributed by atoms with van der Waals surface area (Å²) in [5.74, 6) is -0.726. The maximum atomic E-state index is 10.3. The van der Waals surface area contributed by atoms with E-state index in [4.69, 9.17) is 10.4 Å². The van der Waals surface area contributed by atoms with Gasteiger partial charge in [-0.25, -0.2) is 0 Å². The number of carbonyl (C=O) groups is 1. The van der Waals surface area contributed by atoms with Crippen LogP contribution in [-0.4, -0.2) is 17.6 Å². The van der Waals surface area contributed by atoms with Gasteiger partial charge in [-0.15, -0.1) is 0 Å². The molecule has 0 amide bonds. The van der Waals surface area contributed by atoms with Crippen LogP contribution < -0.4 is 5.32 Å². The SMILES string of the molecule is N#Cc1ccccc1NCCCCCCC(=O)O. The van der Waals surface area contributed by atoms with Crippen molar-refractivity contribution in [2.45, 2.75) is 32.1 Å². The van der Waals surface area contributed by atoms with E-state index in [2.05, 4.69) is 11.4 Å². The highest BCUT2D eigenvalue weighted by Crippen LogP contribution is 2.13. The fraction of sp³-hybridized carbons (Fsp3) is 0.429. The molecule has 0 aliphatic heterocycles. The van der Waals surface area contributed by atoms with Crippen LogP contribution in [-0.2, 0) is 4.79 Å². The summed E-state index contributed by atoms with van der Waals surface area (Å²) in [5.41, 5.74) is 1.52. The largest absolute Gasteiger partial charge is 0.481 e. The van der Waals surface area contributed by atoms with Crippen molar-refractivity contribution in [2.24, 2.45) is 0 Å². The first kappa shape index (κ1) is 14.0. The fourth-order valence-electron chi connectivity index (χ4n) is 1.71. The monoisotopic (exact) mass is 246 g/mol. The van der Waals surface area contributed by atoms with Crippen LogP contribution >= 0.6 is 0 Å². The van der Waals surface area contributed by atoms with Gasteiger partial charge in [-0.3, -0.25) is 4.79 Å². The van der Waals surface area contributed by atoms with Crippen LogP contribution in [0.3, 0.4) is 0 Å². The van der Waals surface area contributed by atoms with E-state index < -0.39 is 5.97 Å². The smallest absolute Gasteiger partial charge is 0.303 e. The lowest BCUT2D eigenvalue weighted by atomic mass is 10.1. The van der Waals surface area contributed by atoms with E-state index in [1.54, 1.807) is 6.07 Å². The number of rotatable bonds is 8. The van der Waals surface area contributed by atoms with Crippen LogP contribution in [0.15, 0.2) is 24.3 Å². The molecule has 0 aliphatic rings. The summed E-state index contributed by atoms with van der Waals surface area (Å²) in [6, 6.07) is 9.56. The lowest BCUT2D eigenvalue weighted by Gasteiger charge is -2.07. The first-order chi connectivity index (χ1) is 8.74. The predicted molar refractivity (Wildman–Crippen MR) is 70.4 cm³/mol. The molecular formula is C14H18N2O2. The lowest BCUT2D eigenvalue weighted by Crippen LogP contribution is -2.03. The number of unbranched alkanes of at least 4 members (excludes halogenated alkanes) is 3. The second-order valence-corrected chi connectivity index (χ2v) is 4.14. The molecule has 96 valence electrons. The molecule has 0 spiro atoms. The number of hydrogen-bond acceptors (Lipinski definition) is 3. The normalized spacial score (nSPS) is 9.72. The topological polar surface area (TPSA) is 73.1 Å². The Bertz CT molecular complexity index is 424. The lowest BCUT2D eigenvalue weighted by molar-refractivity contribution is -0.137. The van der Waals surface area contributed by atoms with Gasteiger partial charge in [0, 0.05) is 13.0 Å². The second kappa shape index (κ2) is 8.13. The van der Waals surface area contributed by atoms with Gasteiger partial charge in [0.1, 0.15) is 6.07 Å². The average Bonchev–Trinajstić information content (AvgIpc) is 2.37. The molecule has 0 bridgehead atoms. The van der Waals surface area contributed by atoms with Crippen LogP contribution in [0.1, 0.15) is 37.7 Å². The van der Waals surface area contributed by atoms with E-state index in [1.807, 2.05) is 18.2 Å². The van der Waals surface area contributed by atoms with E-state index in [9.17, 15) is 4.79 Å². The summed E-state index contributed by atoms with van der Waals surface area (Å²) in [7, 11) is 0. The van der Waals surface area contributed by atoms with Crippen LogP contribution in [0, 0.1) is 11.3 Å². The molecule has 4 heteroatoms. The number of nitrogens with one attached hydrogen (secondary N) is 1. The van der Waals surface area contributed by atoms with Gasteiger partial charge in [0.25, 0.3) is 0 Å². The Labute approximate surface area is 107 Å². The molecular weight excluding hydrogens is 228 g/mol. The van der Waals surface area contributed by atoms with E-state index in [1.165, 1.54) is 0 Å². The Morgan fingerprint density at radius 1 is 1.22 bits per heavy atom. The van der Waals surface area contributed by atoms with Crippen molar-refractivity contribution in [1.82, 2.24) is 0 Å². The molecule has 1 aromatic carbocycles. The first-order valence-corrected chi connectivity index (χ1v) is 6.19. The second-order valence-electron chi connectivity index (χ2n) is 4.14. The third kappa shape index (κ3) is 5.35. The third-order valence-electron chi connectivity index (χ3n) is 2.68. The van der Waals surface area contributed by atoms with Gasteiger partial charge in [-0.1, -0.05) is 25.0 Å². The number of aliphatic carboxylic acids is 1. The zero-order valence-corrected chi connectivity index (χ0v) is 10.4. The van der Waals surface area contributed by atoms with Crippen molar-refractivity contribution in [3.8, 4) is 6.07 Å². The minimum atomic E-state index is -0.726. The molecule has 0 saturated carbocycles. The minimum absolute atomic E-state index is 0.255. The van der Waals surface area contributed by atoms with Crippen molar-refractivity contribution in [3.05, 3.63) is 29.8 Å². The third-order valence-corrected chi connectivity index (χ3v) is 2.68. The van der Waals surface area contributed by atoms with Crippen molar-refractivity contribution in [3.63, 3.8) is 0 Å². The Morgan fingerprint density at radius 2 is 1.94 bits per heavy atom. The van der Waals surface area contributed by atoms with E-state index in [0.717, 1.165) is 37.9 Å². The Hall–Kier alpha value is -2.02. The highest BCUT2D eigenvalue weighted by Gasteiger charge is 1.99. The zero-order valence-electron chi connectivity index (χ0n) is 10.4. The molecule has 0 saturated heterocycles. The van der Waals surface area contributed by atoms with Crippen LogP contribution in [0.5, 0.6) is 0 Å². The van der Waals surface area contributed by atoms with Gasteiger partial charge in [0.15, 0.2) is 0 Å². The fourth-order valence-corrected chi connectivity index (χ4v) is 1.71. The molecule has 0 aliphatic carbocycles. The predicted octanol–water partition coefficient (Wildman–Crippen LogP) is 3.01. The van der Waals surface area contributed by atoms with Gasteiger partial charge in [0.05, 0.1) is 11.3 Å². The standard InChI is InChI=1S/C14H18N2O2/c15-11-12-7-4-5-8-13(12)16-10-6-2-1-3-9-14(17)18/h4-5,7-8,16H,1-3,6,9-10H2,(H,17,18). The summed E-state index contributed by atoms with van der Waals surface area (Å²) >= 11 is 0. The van der Waals surface area contributed by atoms with Gasteiger partial charge in [0.2, 0.25) is 0 Å². The number of carboxylic acid groups (broad SMARTS) is 1. The molecule has 1 rings (SSSR count). The van der Waals surface area contributed by atoms with Crippen LogP contribution in [0.25, 0.3) is 0 Å². The summed E-state index contributed by atoms with van der Waals surface area (Å²) in [6.45, 7) is 0.811. The van der Waals surface area contributed by atoms with E-state index >= 15 is 0 Å². The maximum Gasteiger partial charge on any atom is 0.303 e. The summed E-state index contributed by atoms with van der Waals surface area (Å²) < 4.78 is 0. The quantitative estimate of drug-likeness (QED) is 0.691. The average molecular weight is 246 g/mol. The highest BCUT2D eigenvalue weighted by molar-refractivity contribution is 5.66. The molecule has 2 N–H and O–H groups in total.